The lowest BCUT2D eigenvalue weighted by Crippen LogP contribution is -2.48. The van der Waals surface area contributed by atoms with Gasteiger partial charge in [-0.25, -0.2) is 9.97 Å². The number of aliphatic hydroxyl groups is 1. The molecular formula is C22H26ClN5O5S. The predicted molar refractivity (Wildman–Crippen MR) is 129 cm³/mol. The second-order valence-corrected chi connectivity index (χ2v) is 9.33. The fraction of sp³-hybridized carbons (Fsp3) is 0.455. The first-order valence-electron chi connectivity index (χ1n) is 10.9. The molecule has 4 heterocycles. The Morgan fingerprint density at radius 2 is 2.03 bits per heavy atom. The van der Waals surface area contributed by atoms with Crippen molar-refractivity contribution < 1.29 is 24.2 Å². The summed E-state index contributed by atoms with van der Waals surface area (Å²) < 4.78 is 11.0. The second kappa shape index (κ2) is 10.3. The van der Waals surface area contributed by atoms with Gasteiger partial charge in [-0.15, -0.1) is 24.2 Å². The van der Waals surface area contributed by atoms with Gasteiger partial charge < -0.3 is 30.5 Å². The largest absolute Gasteiger partial charge is 0.483 e. The Morgan fingerprint density at radius 1 is 1.24 bits per heavy atom. The first-order valence-corrected chi connectivity index (χ1v) is 11.9. The van der Waals surface area contributed by atoms with Crippen LogP contribution in [0.15, 0.2) is 29.3 Å². The molecule has 0 spiro atoms. The number of hydrogen-bond donors (Lipinski definition) is 4. The molecule has 1 saturated carbocycles. The van der Waals surface area contributed by atoms with Crippen molar-refractivity contribution in [3.8, 4) is 11.6 Å². The van der Waals surface area contributed by atoms with Gasteiger partial charge in [0.2, 0.25) is 11.7 Å². The Bertz CT molecular complexity index is 1080. The van der Waals surface area contributed by atoms with Gasteiger partial charge >= 0.3 is 0 Å². The Balaban J connectivity index is 0.00000274. The van der Waals surface area contributed by atoms with Gasteiger partial charge in [0, 0.05) is 18.8 Å². The van der Waals surface area contributed by atoms with Crippen molar-refractivity contribution in [3.63, 3.8) is 0 Å². The highest BCUT2D eigenvalue weighted by molar-refractivity contribution is 8.00. The van der Waals surface area contributed by atoms with Crippen molar-refractivity contribution in [1.82, 2.24) is 15.3 Å². The van der Waals surface area contributed by atoms with E-state index in [0.717, 1.165) is 10.6 Å². The standard InChI is InChI=1S/C22H25N5O5S.ClH/c28-17-12-33-16-2-1-14(25-19(16)27-17)11-24-13-3-6-22(30,7-4-13)21(29)26-15-5-8-23-20-18(15)31-9-10-32-20;/h1-2,5,8,13,24,30H,3-4,6-7,9-12H2,(H,23,26,29)(H,25,27,28);1H/t13-,22+;. The SMILES string of the molecule is Cl.O=C1CSc2ccc(CN[C@H]3CC[C@](O)(C(=O)Nc4ccnc5c4OCCO5)CC3)nc2N1. The molecule has 12 heteroatoms. The minimum atomic E-state index is -1.45. The maximum atomic E-state index is 12.9. The summed E-state index contributed by atoms with van der Waals surface area (Å²) in [6.07, 6.45) is 3.51. The van der Waals surface area contributed by atoms with E-state index in [-0.39, 0.29) is 24.4 Å². The minimum absolute atomic E-state index is 0. The summed E-state index contributed by atoms with van der Waals surface area (Å²) in [5, 5.41) is 20.0. The van der Waals surface area contributed by atoms with E-state index >= 15 is 0 Å². The van der Waals surface area contributed by atoms with Crippen LogP contribution in [0.3, 0.4) is 0 Å². The molecule has 4 N–H and O–H groups in total. The highest BCUT2D eigenvalue weighted by atomic mass is 35.5. The normalized spacial score (nSPS) is 23.2. The van der Waals surface area contributed by atoms with Crippen LogP contribution in [-0.2, 0) is 16.1 Å². The Kier molecular flexibility index (Phi) is 7.46. The summed E-state index contributed by atoms with van der Waals surface area (Å²) in [6, 6.07) is 5.71. The van der Waals surface area contributed by atoms with E-state index in [1.165, 1.54) is 18.0 Å². The van der Waals surface area contributed by atoms with E-state index in [0.29, 0.717) is 74.3 Å². The highest BCUT2D eigenvalue weighted by Crippen LogP contribution is 2.37. The van der Waals surface area contributed by atoms with Crippen LogP contribution in [0, 0.1) is 0 Å². The van der Waals surface area contributed by atoms with Crippen molar-refractivity contribution >= 4 is 47.5 Å². The first kappa shape index (κ1) is 24.5. The van der Waals surface area contributed by atoms with Gasteiger partial charge in [0.25, 0.3) is 11.8 Å². The monoisotopic (exact) mass is 507 g/mol. The van der Waals surface area contributed by atoms with Crippen molar-refractivity contribution in [2.45, 2.75) is 48.8 Å². The van der Waals surface area contributed by atoms with Gasteiger partial charge in [-0.2, -0.15) is 0 Å². The number of aromatic nitrogens is 2. The number of amides is 2. The number of thioether (sulfide) groups is 1. The van der Waals surface area contributed by atoms with Crippen LogP contribution < -0.4 is 25.4 Å². The zero-order chi connectivity index (χ0) is 22.8. The predicted octanol–water partition coefficient (Wildman–Crippen LogP) is 2.12. The molecule has 0 atom stereocenters. The lowest BCUT2D eigenvalue weighted by atomic mass is 9.81. The molecule has 34 heavy (non-hydrogen) atoms. The van der Waals surface area contributed by atoms with Crippen LogP contribution in [-0.4, -0.2) is 57.5 Å². The zero-order valence-corrected chi connectivity index (χ0v) is 20.0. The Hall–Kier alpha value is -2.60. The third-order valence-electron chi connectivity index (χ3n) is 6.03. The average molecular weight is 508 g/mol. The van der Waals surface area contributed by atoms with Crippen molar-refractivity contribution in [2.75, 3.05) is 29.6 Å². The number of fused-ring (bicyclic) bond motifs is 2. The van der Waals surface area contributed by atoms with Crippen molar-refractivity contribution in [1.29, 1.82) is 0 Å². The molecule has 0 bridgehead atoms. The molecule has 3 aliphatic rings. The van der Waals surface area contributed by atoms with Crippen LogP contribution in [0.25, 0.3) is 0 Å². The summed E-state index contributed by atoms with van der Waals surface area (Å²) in [5.74, 6) is 1.26. The Labute approximate surface area is 207 Å². The summed E-state index contributed by atoms with van der Waals surface area (Å²) in [7, 11) is 0. The maximum absolute atomic E-state index is 12.9. The number of anilines is 2. The van der Waals surface area contributed by atoms with Crippen LogP contribution in [0.1, 0.15) is 31.4 Å². The number of carbonyl (C=O) groups excluding carboxylic acids is 2. The van der Waals surface area contributed by atoms with E-state index in [9.17, 15) is 14.7 Å². The number of ether oxygens (including phenoxy) is 2. The number of pyridine rings is 2. The van der Waals surface area contributed by atoms with Crippen LogP contribution in [0.5, 0.6) is 11.6 Å². The quantitative estimate of drug-likeness (QED) is 0.480. The summed E-state index contributed by atoms with van der Waals surface area (Å²) in [5.41, 5.74) is -0.169. The number of rotatable bonds is 5. The number of nitrogens with zero attached hydrogens (tertiary/aromatic N) is 2. The number of halogens is 1. The summed E-state index contributed by atoms with van der Waals surface area (Å²) >= 11 is 1.48. The van der Waals surface area contributed by atoms with E-state index < -0.39 is 11.5 Å². The van der Waals surface area contributed by atoms with Gasteiger partial charge in [0.05, 0.1) is 22.0 Å². The van der Waals surface area contributed by atoms with Gasteiger partial charge in [-0.05, 0) is 43.9 Å². The summed E-state index contributed by atoms with van der Waals surface area (Å²) in [4.78, 5) is 34.1. The molecule has 0 unspecified atom stereocenters. The molecule has 0 aromatic carbocycles. The molecule has 1 aliphatic carbocycles. The van der Waals surface area contributed by atoms with Gasteiger partial charge in [-0.1, -0.05) is 0 Å². The molecule has 10 nitrogen and oxygen atoms in total. The molecule has 2 amide bonds. The van der Waals surface area contributed by atoms with E-state index in [1.807, 2.05) is 12.1 Å². The van der Waals surface area contributed by atoms with E-state index in [2.05, 4.69) is 25.9 Å². The fourth-order valence-electron chi connectivity index (χ4n) is 4.17. The Morgan fingerprint density at radius 3 is 2.85 bits per heavy atom. The molecule has 5 rings (SSSR count). The topological polar surface area (TPSA) is 135 Å². The highest BCUT2D eigenvalue weighted by Gasteiger charge is 2.40. The molecule has 182 valence electrons. The van der Waals surface area contributed by atoms with Gasteiger partial charge in [-0.3, -0.25) is 9.59 Å². The third-order valence-corrected chi connectivity index (χ3v) is 7.08. The minimum Gasteiger partial charge on any atom is -0.483 e. The fourth-order valence-corrected chi connectivity index (χ4v) is 4.93. The number of carbonyl (C=O) groups is 2. The zero-order valence-electron chi connectivity index (χ0n) is 18.3. The third kappa shape index (κ3) is 5.22. The first-order chi connectivity index (χ1) is 16.0. The number of hydrogen-bond acceptors (Lipinski definition) is 9. The molecule has 2 aromatic heterocycles. The van der Waals surface area contributed by atoms with Crippen molar-refractivity contribution in [3.05, 3.63) is 30.1 Å². The molecule has 2 aliphatic heterocycles. The molecular weight excluding hydrogens is 482 g/mol. The van der Waals surface area contributed by atoms with Crippen LogP contribution in [0.4, 0.5) is 11.5 Å². The molecule has 0 radical (unpaired) electrons. The van der Waals surface area contributed by atoms with E-state index in [1.54, 1.807) is 6.07 Å². The smallest absolute Gasteiger partial charge is 0.259 e. The summed E-state index contributed by atoms with van der Waals surface area (Å²) in [6.45, 7) is 1.33. The van der Waals surface area contributed by atoms with Crippen LogP contribution >= 0.6 is 24.2 Å². The van der Waals surface area contributed by atoms with Gasteiger partial charge in [0.1, 0.15) is 24.6 Å². The molecule has 1 fully saturated rings. The van der Waals surface area contributed by atoms with Crippen molar-refractivity contribution in [2.24, 2.45) is 0 Å². The van der Waals surface area contributed by atoms with Crippen LogP contribution in [0.2, 0.25) is 0 Å². The average Bonchev–Trinajstić information content (AvgIpc) is 2.83. The van der Waals surface area contributed by atoms with Gasteiger partial charge in [0.15, 0.2) is 0 Å². The second-order valence-electron chi connectivity index (χ2n) is 8.32. The molecule has 2 aromatic rings. The lowest BCUT2D eigenvalue weighted by Gasteiger charge is -2.35. The molecule has 0 saturated heterocycles. The van der Waals surface area contributed by atoms with E-state index in [4.69, 9.17) is 9.47 Å². The number of nitrogens with one attached hydrogen (secondary N) is 3. The lowest BCUT2D eigenvalue weighted by molar-refractivity contribution is -0.137. The maximum Gasteiger partial charge on any atom is 0.259 e.